The van der Waals surface area contributed by atoms with Crippen molar-refractivity contribution in [3.05, 3.63) is 0 Å². The number of carbonyl (C=O) groups excluding carboxylic acids is 1. The summed E-state index contributed by atoms with van der Waals surface area (Å²) in [5.74, 6) is 0.0145. The molecule has 0 bridgehead atoms. The Kier molecular flexibility index (Phi) is 4.97. The summed E-state index contributed by atoms with van der Waals surface area (Å²) < 4.78 is 11.1. The molecule has 0 aromatic rings. The molecule has 0 radical (unpaired) electrons. The van der Waals surface area contributed by atoms with Gasteiger partial charge in [-0.15, -0.1) is 0 Å². The standard InChI is InChI=1S/C13H24N2O3/c1-17-13(5-7-14-8-6-13)12(16)15-10-11-4-2-3-9-18-11/h11,14H,2-10H2,1H3,(H,15,16). The van der Waals surface area contributed by atoms with Gasteiger partial charge in [0.1, 0.15) is 5.60 Å². The molecular formula is C13H24N2O3. The molecule has 0 saturated carbocycles. The highest BCUT2D eigenvalue weighted by atomic mass is 16.5. The molecule has 104 valence electrons. The maximum Gasteiger partial charge on any atom is 0.252 e. The Hall–Kier alpha value is -0.650. The maximum absolute atomic E-state index is 12.3. The van der Waals surface area contributed by atoms with E-state index in [-0.39, 0.29) is 12.0 Å². The molecular weight excluding hydrogens is 232 g/mol. The van der Waals surface area contributed by atoms with E-state index in [4.69, 9.17) is 9.47 Å². The van der Waals surface area contributed by atoms with Gasteiger partial charge in [-0.3, -0.25) is 4.79 Å². The normalized spacial score (nSPS) is 27.7. The fraction of sp³-hybridized carbons (Fsp3) is 0.923. The molecule has 0 aliphatic carbocycles. The third-order valence-electron chi connectivity index (χ3n) is 3.98. The number of rotatable bonds is 4. The van der Waals surface area contributed by atoms with Gasteiger partial charge >= 0.3 is 0 Å². The van der Waals surface area contributed by atoms with Crippen LogP contribution in [0.1, 0.15) is 32.1 Å². The highest BCUT2D eigenvalue weighted by molar-refractivity contribution is 5.85. The Morgan fingerprint density at radius 3 is 2.83 bits per heavy atom. The van der Waals surface area contributed by atoms with Gasteiger partial charge in [-0.1, -0.05) is 0 Å². The molecule has 2 saturated heterocycles. The molecule has 1 amide bonds. The first-order valence-electron chi connectivity index (χ1n) is 6.93. The number of nitrogens with one attached hydrogen (secondary N) is 2. The molecule has 2 aliphatic rings. The van der Waals surface area contributed by atoms with Crippen LogP contribution in [0.3, 0.4) is 0 Å². The zero-order chi connectivity index (χ0) is 12.8. The second kappa shape index (κ2) is 6.50. The Labute approximate surface area is 109 Å². The lowest BCUT2D eigenvalue weighted by Crippen LogP contribution is -2.55. The van der Waals surface area contributed by atoms with Crippen LogP contribution in [-0.4, -0.2) is 51.0 Å². The first-order valence-corrected chi connectivity index (χ1v) is 6.93. The van der Waals surface area contributed by atoms with Crippen LogP contribution >= 0.6 is 0 Å². The highest BCUT2D eigenvalue weighted by Crippen LogP contribution is 2.22. The van der Waals surface area contributed by atoms with Crippen molar-refractivity contribution in [1.29, 1.82) is 0 Å². The molecule has 2 N–H and O–H groups in total. The van der Waals surface area contributed by atoms with E-state index < -0.39 is 5.60 Å². The Balaban J connectivity index is 1.81. The predicted octanol–water partition coefficient (Wildman–Crippen LogP) is 0.440. The molecule has 2 heterocycles. The average Bonchev–Trinajstić information content (AvgIpc) is 2.46. The highest BCUT2D eigenvalue weighted by Gasteiger charge is 2.39. The monoisotopic (exact) mass is 256 g/mol. The Morgan fingerprint density at radius 1 is 1.44 bits per heavy atom. The minimum Gasteiger partial charge on any atom is -0.376 e. The van der Waals surface area contributed by atoms with E-state index >= 15 is 0 Å². The van der Waals surface area contributed by atoms with Crippen molar-refractivity contribution in [2.24, 2.45) is 0 Å². The van der Waals surface area contributed by atoms with E-state index in [1.54, 1.807) is 7.11 Å². The largest absolute Gasteiger partial charge is 0.376 e. The van der Waals surface area contributed by atoms with Gasteiger partial charge in [0.2, 0.25) is 0 Å². The molecule has 2 rings (SSSR count). The topological polar surface area (TPSA) is 59.6 Å². The summed E-state index contributed by atoms with van der Waals surface area (Å²) in [4.78, 5) is 12.3. The minimum absolute atomic E-state index is 0.0145. The quantitative estimate of drug-likeness (QED) is 0.766. The van der Waals surface area contributed by atoms with Gasteiger partial charge in [0.05, 0.1) is 6.10 Å². The molecule has 5 nitrogen and oxygen atoms in total. The number of carbonyl (C=O) groups is 1. The lowest BCUT2D eigenvalue weighted by Gasteiger charge is -2.35. The lowest BCUT2D eigenvalue weighted by molar-refractivity contribution is -0.147. The number of ether oxygens (including phenoxy) is 2. The van der Waals surface area contributed by atoms with Crippen LogP contribution in [0.2, 0.25) is 0 Å². The van der Waals surface area contributed by atoms with E-state index in [9.17, 15) is 4.79 Å². The van der Waals surface area contributed by atoms with Crippen LogP contribution in [0, 0.1) is 0 Å². The molecule has 18 heavy (non-hydrogen) atoms. The second-order valence-corrected chi connectivity index (χ2v) is 5.15. The smallest absolute Gasteiger partial charge is 0.252 e. The number of methoxy groups -OCH3 is 1. The summed E-state index contributed by atoms with van der Waals surface area (Å²) in [5.41, 5.74) is -0.639. The van der Waals surface area contributed by atoms with Gasteiger partial charge in [0.25, 0.3) is 5.91 Å². The third-order valence-corrected chi connectivity index (χ3v) is 3.98. The van der Waals surface area contributed by atoms with Crippen LogP contribution < -0.4 is 10.6 Å². The average molecular weight is 256 g/mol. The van der Waals surface area contributed by atoms with Gasteiger partial charge in [0.15, 0.2) is 0 Å². The van der Waals surface area contributed by atoms with Crippen molar-refractivity contribution in [3.8, 4) is 0 Å². The molecule has 2 fully saturated rings. The van der Waals surface area contributed by atoms with Gasteiger partial charge < -0.3 is 20.1 Å². The van der Waals surface area contributed by atoms with Gasteiger partial charge in [-0.2, -0.15) is 0 Å². The minimum atomic E-state index is -0.639. The van der Waals surface area contributed by atoms with Crippen LogP contribution in [0.5, 0.6) is 0 Å². The van der Waals surface area contributed by atoms with Gasteiger partial charge in [0, 0.05) is 20.3 Å². The van der Waals surface area contributed by atoms with E-state index in [2.05, 4.69) is 10.6 Å². The number of piperidine rings is 1. The van der Waals surface area contributed by atoms with Crippen LogP contribution in [0.4, 0.5) is 0 Å². The molecule has 0 spiro atoms. The number of hydrogen-bond donors (Lipinski definition) is 2. The summed E-state index contributed by atoms with van der Waals surface area (Å²) in [7, 11) is 1.63. The molecule has 2 aliphatic heterocycles. The maximum atomic E-state index is 12.3. The number of amides is 1. The van der Waals surface area contributed by atoms with E-state index in [1.165, 1.54) is 6.42 Å². The van der Waals surface area contributed by atoms with Crippen LogP contribution in [-0.2, 0) is 14.3 Å². The van der Waals surface area contributed by atoms with Crippen molar-refractivity contribution in [3.63, 3.8) is 0 Å². The summed E-state index contributed by atoms with van der Waals surface area (Å²) in [6, 6.07) is 0. The van der Waals surface area contributed by atoms with Crippen molar-refractivity contribution in [1.82, 2.24) is 10.6 Å². The molecule has 0 aromatic heterocycles. The molecule has 1 atom stereocenters. The zero-order valence-corrected chi connectivity index (χ0v) is 11.2. The van der Waals surface area contributed by atoms with E-state index in [0.717, 1.165) is 45.4 Å². The first-order chi connectivity index (χ1) is 8.77. The molecule has 1 unspecified atom stereocenters. The van der Waals surface area contributed by atoms with Crippen molar-refractivity contribution >= 4 is 5.91 Å². The predicted molar refractivity (Wildman–Crippen MR) is 68.4 cm³/mol. The molecule has 0 aromatic carbocycles. The van der Waals surface area contributed by atoms with Gasteiger partial charge in [-0.25, -0.2) is 0 Å². The van der Waals surface area contributed by atoms with Crippen LogP contribution in [0.25, 0.3) is 0 Å². The molecule has 5 heteroatoms. The summed E-state index contributed by atoms with van der Waals surface area (Å²) in [6.07, 6.45) is 5.03. The van der Waals surface area contributed by atoms with Crippen molar-refractivity contribution in [2.45, 2.75) is 43.8 Å². The Morgan fingerprint density at radius 2 is 2.22 bits per heavy atom. The van der Waals surface area contributed by atoms with Crippen molar-refractivity contribution < 1.29 is 14.3 Å². The van der Waals surface area contributed by atoms with Crippen LogP contribution in [0.15, 0.2) is 0 Å². The van der Waals surface area contributed by atoms with E-state index in [0.29, 0.717) is 6.54 Å². The SMILES string of the molecule is COC1(C(=O)NCC2CCCCO2)CCNCC1. The summed E-state index contributed by atoms with van der Waals surface area (Å²) in [5, 5.41) is 6.25. The van der Waals surface area contributed by atoms with Crippen molar-refractivity contribution in [2.75, 3.05) is 33.4 Å². The third kappa shape index (κ3) is 3.22. The fourth-order valence-electron chi connectivity index (χ4n) is 2.69. The fourth-order valence-corrected chi connectivity index (χ4v) is 2.69. The summed E-state index contributed by atoms with van der Waals surface area (Å²) >= 11 is 0. The Bertz CT molecular complexity index is 271. The van der Waals surface area contributed by atoms with E-state index in [1.807, 2.05) is 0 Å². The van der Waals surface area contributed by atoms with Gasteiger partial charge in [-0.05, 0) is 45.2 Å². The number of hydrogen-bond acceptors (Lipinski definition) is 4. The second-order valence-electron chi connectivity index (χ2n) is 5.15. The lowest BCUT2D eigenvalue weighted by atomic mass is 9.91. The first kappa shape index (κ1) is 13.8. The zero-order valence-electron chi connectivity index (χ0n) is 11.2. The summed E-state index contributed by atoms with van der Waals surface area (Å²) in [6.45, 7) is 3.10.